The molecule has 0 spiro atoms. The van der Waals surface area contributed by atoms with Crippen LogP contribution in [0.3, 0.4) is 0 Å². The van der Waals surface area contributed by atoms with Crippen molar-refractivity contribution in [2.75, 3.05) is 5.75 Å². The number of aryl methyl sites for hydroxylation is 2. The Morgan fingerprint density at radius 2 is 1.89 bits per heavy atom. The molecule has 2 aromatic heterocycles. The number of carbonyl (C=O) groups is 1. The fourth-order valence-electron chi connectivity index (χ4n) is 2.72. The van der Waals surface area contributed by atoms with Crippen LogP contribution in [0.15, 0.2) is 47.9 Å². The molecule has 1 amide bonds. The monoisotopic (exact) mass is 381 g/mol. The number of rotatable bonds is 6. The SMILES string of the molecule is Cc1ccc([C@H](C)NC(=O)CSc2nnc(-c3ccncc3)n2C)cc1C. The Balaban J connectivity index is 1.59. The summed E-state index contributed by atoms with van der Waals surface area (Å²) in [4.78, 5) is 16.4. The maximum Gasteiger partial charge on any atom is 0.230 e. The predicted molar refractivity (Wildman–Crippen MR) is 107 cm³/mol. The summed E-state index contributed by atoms with van der Waals surface area (Å²) in [5.41, 5.74) is 4.53. The molecule has 0 saturated carbocycles. The molecule has 0 aliphatic rings. The third-order valence-corrected chi connectivity index (χ3v) is 5.53. The Morgan fingerprint density at radius 1 is 1.15 bits per heavy atom. The summed E-state index contributed by atoms with van der Waals surface area (Å²) >= 11 is 1.38. The van der Waals surface area contributed by atoms with Crippen LogP contribution in [0.1, 0.15) is 29.7 Å². The average Bonchev–Trinajstić information content (AvgIpc) is 3.03. The third-order valence-electron chi connectivity index (χ3n) is 4.51. The number of aromatic nitrogens is 4. The van der Waals surface area contributed by atoms with E-state index in [0.29, 0.717) is 5.16 Å². The minimum atomic E-state index is -0.0377. The maximum atomic E-state index is 12.3. The second kappa shape index (κ2) is 8.35. The molecule has 1 aromatic carbocycles. The predicted octanol–water partition coefficient (Wildman–Crippen LogP) is 3.46. The van der Waals surface area contributed by atoms with Crippen molar-refractivity contribution in [3.8, 4) is 11.4 Å². The molecular formula is C20H23N5OS. The summed E-state index contributed by atoms with van der Waals surface area (Å²) in [7, 11) is 1.90. The quantitative estimate of drug-likeness (QED) is 0.662. The van der Waals surface area contributed by atoms with Gasteiger partial charge in [-0.2, -0.15) is 0 Å². The standard InChI is InChI=1S/C20H23N5OS/c1-13-5-6-17(11-14(13)2)15(3)22-18(26)12-27-20-24-23-19(25(20)4)16-7-9-21-10-8-16/h5-11,15H,12H2,1-4H3,(H,22,26)/t15-/m0/s1. The number of nitrogens with zero attached hydrogens (tertiary/aromatic N) is 4. The van der Waals surface area contributed by atoms with E-state index in [-0.39, 0.29) is 17.7 Å². The van der Waals surface area contributed by atoms with Crippen LogP contribution in [0.4, 0.5) is 0 Å². The second-order valence-corrected chi connectivity index (χ2v) is 7.47. The first kappa shape index (κ1) is 19.1. The van der Waals surface area contributed by atoms with Crippen molar-refractivity contribution in [2.45, 2.75) is 32.0 Å². The molecule has 0 bridgehead atoms. The molecule has 0 saturated heterocycles. The van der Waals surface area contributed by atoms with E-state index < -0.39 is 0 Å². The lowest BCUT2D eigenvalue weighted by molar-refractivity contribution is -0.119. The van der Waals surface area contributed by atoms with Gasteiger partial charge in [0.05, 0.1) is 11.8 Å². The first-order chi connectivity index (χ1) is 13.0. The van der Waals surface area contributed by atoms with Crippen LogP contribution in [0.5, 0.6) is 0 Å². The van der Waals surface area contributed by atoms with Crippen LogP contribution >= 0.6 is 11.8 Å². The van der Waals surface area contributed by atoms with Gasteiger partial charge >= 0.3 is 0 Å². The molecular weight excluding hydrogens is 358 g/mol. The lowest BCUT2D eigenvalue weighted by Crippen LogP contribution is -2.28. The number of amides is 1. The average molecular weight is 382 g/mol. The van der Waals surface area contributed by atoms with Crippen molar-refractivity contribution in [3.63, 3.8) is 0 Å². The van der Waals surface area contributed by atoms with E-state index in [1.165, 1.54) is 22.9 Å². The van der Waals surface area contributed by atoms with E-state index in [4.69, 9.17) is 0 Å². The fourth-order valence-corrected chi connectivity index (χ4v) is 3.45. The molecule has 3 rings (SSSR count). The van der Waals surface area contributed by atoms with E-state index in [0.717, 1.165) is 17.0 Å². The summed E-state index contributed by atoms with van der Waals surface area (Å²) < 4.78 is 1.89. The van der Waals surface area contributed by atoms with Crippen LogP contribution < -0.4 is 5.32 Å². The number of carbonyl (C=O) groups excluding carboxylic acids is 1. The van der Waals surface area contributed by atoms with Gasteiger partial charge in [0.15, 0.2) is 11.0 Å². The molecule has 27 heavy (non-hydrogen) atoms. The van der Waals surface area contributed by atoms with Gasteiger partial charge in [-0.1, -0.05) is 30.0 Å². The summed E-state index contributed by atoms with van der Waals surface area (Å²) in [6, 6.07) is 10.0. The summed E-state index contributed by atoms with van der Waals surface area (Å²) in [5, 5.41) is 12.2. The molecule has 0 aliphatic carbocycles. The second-order valence-electron chi connectivity index (χ2n) is 6.52. The van der Waals surface area contributed by atoms with Crippen molar-refractivity contribution in [3.05, 3.63) is 59.4 Å². The van der Waals surface area contributed by atoms with Gasteiger partial charge in [-0.3, -0.25) is 9.78 Å². The van der Waals surface area contributed by atoms with E-state index in [1.54, 1.807) is 12.4 Å². The Bertz CT molecular complexity index is 939. The van der Waals surface area contributed by atoms with Crippen LogP contribution in [0, 0.1) is 13.8 Å². The van der Waals surface area contributed by atoms with Gasteiger partial charge < -0.3 is 9.88 Å². The van der Waals surface area contributed by atoms with Gasteiger partial charge in [0.2, 0.25) is 5.91 Å². The number of thioether (sulfide) groups is 1. The molecule has 6 nitrogen and oxygen atoms in total. The smallest absolute Gasteiger partial charge is 0.230 e. The summed E-state index contributed by atoms with van der Waals surface area (Å²) in [5.74, 6) is 1.01. The minimum absolute atomic E-state index is 0.0285. The van der Waals surface area contributed by atoms with Gasteiger partial charge in [-0.05, 0) is 49.6 Å². The molecule has 0 radical (unpaired) electrons. The topological polar surface area (TPSA) is 72.7 Å². The van der Waals surface area contributed by atoms with Gasteiger partial charge in [0, 0.05) is 25.0 Å². The Morgan fingerprint density at radius 3 is 2.59 bits per heavy atom. The molecule has 0 unspecified atom stereocenters. The van der Waals surface area contributed by atoms with Crippen LogP contribution in [-0.2, 0) is 11.8 Å². The van der Waals surface area contributed by atoms with E-state index in [2.05, 4.69) is 52.5 Å². The van der Waals surface area contributed by atoms with Crippen molar-refractivity contribution in [1.82, 2.24) is 25.1 Å². The van der Waals surface area contributed by atoms with Crippen molar-refractivity contribution in [2.24, 2.45) is 7.05 Å². The molecule has 3 aromatic rings. The summed E-state index contributed by atoms with van der Waals surface area (Å²) in [6.07, 6.45) is 3.44. The van der Waals surface area contributed by atoms with Crippen molar-refractivity contribution < 1.29 is 4.79 Å². The van der Waals surface area contributed by atoms with Crippen LogP contribution in [0.25, 0.3) is 11.4 Å². The van der Waals surface area contributed by atoms with Crippen molar-refractivity contribution in [1.29, 1.82) is 0 Å². The zero-order valence-electron chi connectivity index (χ0n) is 15.9. The lowest BCUT2D eigenvalue weighted by atomic mass is 10.0. The Kier molecular flexibility index (Phi) is 5.91. The molecule has 1 atom stereocenters. The minimum Gasteiger partial charge on any atom is -0.349 e. The number of nitrogens with one attached hydrogen (secondary N) is 1. The summed E-state index contributed by atoms with van der Waals surface area (Å²) in [6.45, 7) is 6.16. The third kappa shape index (κ3) is 4.54. The number of hydrogen-bond acceptors (Lipinski definition) is 5. The highest BCUT2D eigenvalue weighted by Crippen LogP contribution is 2.22. The highest BCUT2D eigenvalue weighted by Gasteiger charge is 2.14. The first-order valence-corrected chi connectivity index (χ1v) is 9.73. The zero-order valence-corrected chi connectivity index (χ0v) is 16.7. The van der Waals surface area contributed by atoms with Gasteiger partial charge in [-0.15, -0.1) is 10.2 Å². The lowest BCUT2D eigenvalue weighted by Gasteiger charge is -2.15. The number of benzene rings is 1. The van der Waals surface area contributed by atoms with E-state index in [1.807, 2.05) is 30.7 Å². The molecule has 1 N–H and O–H groups in total. The molecule has 0 fully saturated rings. The highest BCUT2D eigenvalue weighted by atomic mass is 32.2. The highest BCUT2D eigenvalue weighted by molar-refractivity contribution is 7.99. The molecule has 0 aliphatic heterocycles. The number of pyridine rings is 1. The maximum absolute atomic E-state index is 12.3. The van der Waals surface area contributed by atoms with Gasteiger partial charge in [0.25, 0.3) is 0 Å². The van der Waals surface area contributed by atoms with Gasteiger partial charge in [-0.25, -0.2) is 0 Å². The van der Waals surface area contributed by atoms with Gasteiger partial charge in [0.1, 0.15) is 0 Å². The molecule has 140 valence electrons. The Labute approximate surface area is 163 Å². The molecule has 7 heteroatoms. The fraction of sp³-hybridized carbons (Fsp3) is 0.300. The normalized spacial score (nSPS) is 12.0. The largest absolute Gasteiger partial charge is 0.349 e. The molecule has 2 heterocycles. The zero-order chi connectivity index (χ0) is 19.4. The number of hydrogen-bond donors (Lipinski definition) is 1. The Hall–Kier alpha value is -2.67. The van der Waals surface area contributed by atoms with E-state index in [9.17, 15) is 4.79 Å². The van der Waals surface area contributed by atoms with Crippen LogP contribution in [-0.4, -0.2) is 31.4 Å². The van der Waals surface area contributed by atoms with Crippen LogP contribution in [0.2, 0.25) is 0 Å². The van der Waals surface area contributed by atoms with Crippen molar-refractivity contribution >= 4 is 17.7 Å². The van der Waals surface area contributed by atoms with E-state index >= 15 is 0 Å². The first-order valence-electron chi connectivity index (χ1n) is 8.75.